The maximum Gasteiger partial charge on any atom is 0.472 e. The quantitative estimate of drug-likeness (QED) is 0.280. The molecule has 7 nitrogen and oxygen atoms in total. The Kier molecular flexibility index (Phi) is 6.04. The number of benzene rings is 2. The lowest BCUT2D eigenvalue weighted by Crippen LogP contribution is -2.38. The van der Waals surface area contributed by atoms with Crippen molar-refractivity contribution in [3.8, 4) is 28.3 Å². The number of fused-ring (bicyclic) bond motifs is 1. The summed E-state index contributed by atoms with van der Waals surface area (Å²) < 4.78 is 61.0. The molecule has 0 bridgehead atoms. The van der Waals surface area contributed by atoms with Gasteiger partial charge in [0.15, 0.2) is 5.65 Å². The van der Waals surface area contributed by atoms with Gasteiger partial charge in [-0.15, -0.1) is 0 Å². The Bertz CT molecular complexity index is 1580. The second-order valence-corrected chi connectivity index (χ2v) is 7.85. The molecule has 0 aliphatic heterocycles. The van der Waals surface area contributed by atoms with Crippen molar-refractivity contribution in [2.45, 2.75) is 6.18 Å². The molecule has 0 fully saturated rings. The van der Waals surface area contributed by atoms with Gasteiger partial charge in [0.25, 0.3) is 0 Å². The minimum Gasteiger partial charge on any atom is -0.497 e. The highest BCUT2D eigenvalue weighted by atomic mass is 19.4. The molecule has 3 aromatic heterocycles. The van der Waals surface area contributed by atoms with Crippen molar-refractivity contribution in [3.05, 3.63) is 91.0 Å². The van der Waals surface area contributed by atoms with Gasteiger partial charge < -0.3 is 4.74 Å². The molecule has 11 heteroatoms. The molecule has 5 rings (SSSR count). The number of alkyl halides is 3. The van der Waals surface area contributed by atoms with Crippen molar-refractivity contribution in [1.82, 2.24) is 19.6 Å². The Morgan fingerprint density at radius 3 is 2.35 bits per heavy atom. The normalized spacial score (nSPS) is 11.5. The molecule has 3 heterocycles. The highest BCUT2D eigenvalue weighted by molar-refractivity contribution is 6.03. The third-order valence-corrected chi connectivity index (χ3v) is 5.53. The van der Waals surface area contributed by atoms with Gasteiger partial charge in [-0.05, 0) is 72.8 Å². The number of aromatic nitrogens is 4. The summed E-state index contributed by atoms with van der Waals surface area (Å²) in [5.74, 6) is -2.40. The summed E-state index contributed by atoms with van der Waals surface area (Å²) in [4.78, 5) is 21.7. The molecule has 2 aromatic carbocycles. The number of amides is 1. The van der Waals surface area contributed by atoms with E-state index >= 15 is 0 Å². The van der Waals surface area contributed by atoms with Gasteiger partial charge in [-0.1, -0.05) is 0 Å². The molecule has 5 aromatic rings. The van der Waals surface area contributed by atoms with Gasteiger partial charge in [0.1, 0.15) is 23.1 Å². The number of carbonyl (C=O) groups excluding carboxylic acids is 1. The van der Waals surface area contributed by atoms with Crippen LogP contribution in [0.1, 0.15) is 0 Å². The molecule has 186 valence electrons. The van der Waals surface area contributed by atoms with E-state index in [-0.39, 0.29) is 11.5 Å². The van der Waals surface area contributed by atoms with Gasteiger partial charge in [0.2, 0.25) is 0 Å². The molecule has 0 aliphatic rings. The predicted molar refractivity (Wildman–Crippen MR) is 128 cm³/mol. The Morgan fingerprint density at radius 2 is 1.68 bits per heavy atom. The molecular formula is C26H17F4N5O2. The maximum absolute atomic E-state index is 13.6. The molecule has 0 N–H and O–H groups in total. The summed E-state index contributed by atoms with van der Waals surface area (Å²) in [5, 5.41) is 4.33. The Hall–Kier alpha value is -4.80. The van der Waals surface area contributed by atoms with Crippen LogP contribution in [0.5, 0.6) is 5.75 Å². The monoisotopic (exact) mass is 507 g/mol. The number of imidazole rings is 1. The molecule has 0 unspecified atom stereocenters. The summed E-state index contributed by atoms with van der Waals surface area (Å²) in [7, 11) is 1.42. The van der Waals surface area contributed by atoms with Gasteiger partial charge in [0, 0.05) is 23.5 Å². The van der Waals surface area contributed by atoms with Crippen molar-refractivity contribution in [2.75, 3.05) is 12.0 Å². The van der Waals surface area contributed by atoms with Crippen LogP contribution in [0, 0.1) is 5.82 Å². The van der Waals surface area contributed by atoms with E-state index < -0.39 is 17.9 Å². The molecule has 0 atom stereocenters. The van der Waals surface area contributed by atoms with Gasteiger partial charge in [0.05, 0.1) is 18.5 Å². The third-order valence-electron chi connectivity index (χ3n) is 5.53. The average Bonchev–Trinajstić information content (AvgIpc) is 3.29. The molecule has 0 radical (unpaired) electrons. The Morgan fingerprint density at radius 1 is 0.946 bits per heavy atom. The topological polar surface area (TPSA) is 72.6 Å². The number of nitrogens with zero attached hydrogens (tertiary/aromatic N) is 5. The number of methoxy groups -OCH3 is 1. The van der Waals surface area contributed by atoms with Crippen LogP contribution in [0.3, 0.4) is 0 Å². The van der Waals surface area contributed by atoms with Gasteiger partial charge >= 0.3 is 12.1 Å². The molecule has 0 saturated heterocycles. The van der Waals surface area contributed by atoms with Crippen molar-refractivity contribution >= 4 is 23.1 Å². The summed E-state index contributed by atoms with van der Waals surface area (Å²) in [6, 6.07) is 17.5. The van der Waals surface area contributed by atoms with Crippen LogP contribution >= 0.6 is 0 Å². The van der Waals surface area contributed by atoms with Crippen LogP contribution in [0.2, 0.25) is 0 Å². The van der Waals surface area contributed by atoms with E-state index in [1.54, 1.807) is 30.3 Å². The van der Waals surface area contributed by atoms with E-state index in [9.17, 15) is 22.4 Å². The second kappa shape index (κ2) is 9.34. The fourth-order valence-electron chi connectivity index (χ4n) is 3.86. The summed E-state index contributed by atoms with van der Waals surface area (Å²) >= 11 is 0. The Balaban J connectivity index is 1.69. The largest absolute Gasteiger partial charge is 0.497 e. The zero-order valence-electron chi connectivity index (χ0n) is 19.1. The lowest BCUT2D eigenvalue weighted by Gasteiger charge is -2.23. The van der Waals surface area contributed by atoms with E-state index in [2.05, 4.69) is 15.1 Å². The fourth-order valence-corrected chi connectivity index (χ4v) is 3.86. The molecule has 0 aliphatic carbocycles. The lowest BCUT2D eigenvalue weighted by molar-refractivity contribution is -0.169. The molecule has 1 amide bonds. The first kappa shape index (κ1) is 23.9. The van der Waals surface area contributed by atoms with Gasteiger partial charge in [-0.3, -0.25) is 9.69 Å². The zero-order valence-corrected chi connectivity index (χ0v) is 19.1. The van der Waals surface area contributed by atoms with Crippen LogP contribution in [0.25, 0.3) is 28.2 Å². The van der Waals surface area contributed by atoms with Crippen LogP contribution in [-0.4, -0.2) is 38.8 Å². The number of halogens is 4. The molecular weight excluding hydrogens is 490 g/mol. The highest BCUT2D eigenvalue weighted by Crippen LogP contribution is 2.36. The van der Waals surface area contributed by atoms with Crippen molar-refractivity contribution in [3.63, 3.8) is 0 Å². The Labute approximate surface area is 207 Å². The summed E-state index contributed by atoms with van der Waals surface area (Å²) in [6.07, 6.45) is -2.34. The van der Waals surface area contributed by atoms with E-state index in [1.165, 1.54) is 66.5 Å². The van der Waals surface area contributed by atoms with Gasteiger partial charge in [-0.25, -0.2) is 18.9 Å². The number of hydrogen-bond donors (Lipinski definition) is 0. The van der Waals surface area contributed by atoms with E-state index in [1.807, 2.05) is 0 Å². The first-order chi connectivity index (χ1) is 17.8. The third kappa shape index (κ3) is 4.58. The first-order valence-corrected chi connectivity index (χ1v) is 10.9. The first-order valence-electron chi connectivity index (χ1n) is 10.9. The van der Waals surface area contributed by atoms with Gasteiger partial charge in [-0.2, -0.15) is 18.3 Å². The number of ether oxygens (including phenoxy) is 1. The van der Waals surface area contributed by atoms with Crippen LogP contribution in [0.4, 0.5) is 29.1 Å². The zero-order chi connectivity index (χ0) is 26.2. The van der Waals surface area contributed by atoms with Crippen LogP contribution in [0.15, 0.2) is 85.2 Å². The number of carbonyl (C=O) groups is 1. The standard InChI is InChI=1S/C26H17F4N5O2/c1-37-20-10-8-19(9-11-20)34(25(36)26(28,29)30)22-15-17(12-14-31-22)24-23(16-4-6-18(27)7-5-16)33-21-3-2-13-32-35(21)24/h2-15H,1H3. The summed E-state index contributed by atoms with van der Waals surface area (Å²) in [6.45, 7) is 0. The molecule has 0 spiro atoms. The van der Waals surface area contributed by atoms with E-state index in [0.717, 1.165) is 0 Å². The van der Waals surface area contributed by atoms with Crippen LogP contribution < -0.4 is 9.64 Å². The number of rotatable bonds is 5. The summed E-state index contributed by atoms with van der Waals surface area (Å²) in [5.41, 5.74) is 2.23. The minimum atomic E-state index is -5.16. The van der Waals surface area contributed by atoms with Crippen molar-refractivity contribution < 1.29 is 27.1 Å². The predicted octanol–water partition coefficient (Wildman–Crippen LogP) is 5.83. The molecule has 0 saturated carbocycles. The molecule has 37 heavy (non-hydrogen) atoms. The number of anilines is 2. The minimum absolute atomic E-state index is 0.0530. The average molecular weight is 507 g/mol. The van der Waals surface area contributed by atoms with Crippen LogP contribution in [-0.2, 0) is 4.79 Å². The van der Waals surface area contributed by atoms with E-state index in [0.29, 0.717) is 38.8 Å². The fraction of sp³-hybridized carbons (Fsp3) is 0.0769. The van der Waals surface area contributed by atoms with Crippen molar-refractivity contribution in [1.29, 1.82) is 0 Å². The van der Waals surface area contributed by atoms with E-state index in [4.69, 9.17) is 4.74 Å². The SMILES string of the molecule is COc1ccc(N(C(=O)C(F)(F)F)c2cc(-c3c(-c4ccc(F)cc4)nc4cccnn34)ccn2)cc1. The maximum atomic E-state index is 13.6. The number of hydrogen-bond acceptors (Lipinski definition) is 5. The smallest absolute Gasteiger partial charge is 0.472 e. The second-order valence-electron chi connectivity index (χ2n) is 7.85. The lowest BCUT2D eigenvalue weighted by atomic mass is 10.1. The number of pyridine rings is 1. The highest BCUT2D eigenvalue weighted by Gasteiger charge is 2.44. The van der Waals surface area contributed by atoms with Crippen molar-refractivity contribution in [2.24, 2.45) is 0 Å².